The summed E-state index contributed by atoms with van der Waals surface area (Å²) in [6.45, 7) is 4.67. The molecule has 0 N–H and O–H groups in total. The first-order valence-corrected chi connectivity index (χ1v) is 7.63. The van der Waals surface area contributed by atoms with Gasteiger partial charge in [0.1, 0.15) is 6.07 Å². The SMILES string of the molecule is Cc1c(C#N)c(-c2ccc(C#N)cc2)c(C)n1Cc1cnn(C)c1. The summed E-state index contributed by atoms with van der Waals surface area (Å²) >= 11 is 0. The van der Waals surface area contributed by atoms with Crippen molar-refractivity contribution in [1.82, 2.24) is 14.3 Å². The van der Waals surface area contributed by atoms with Gasteiger partial charge in [-0.15, -0.1) is 0 Å². The molecule has 0 fully saturated rings. The molecule has 2 heterocycles. The lowest BCUT2D eigenvalue weighted by molar-refractivity contribution is 0.742. The van der Waals surface area contributed by atoms with Crippen molar-refractivity contribution in [3.05, 3.63) is 64.7 Å². The molecule has 0 saturated carbocycles. The second-order valence-electron chi connectivity index (χ2n) is 5.83. The van der Waals surface area contributed by atoms with Crippen LogP contribution in [-0.4, -0.2) is 14.3 Å². The van der Waals surface area contributed by atoms with Crippen molar-refractivity contribution < 1.29 is 0 Å². The zero-order valence-electron chi connectivity index (χ0n) is 13.9. The second kappa shape index (κ2) is 6.06. The number of hydrogen-bond donors (Lipinski definition) is 0. The first-order chi connectivity index (χ1) is 11.5. The van der Waals surface area contributed by atoms with E-state index < -0.39 is 0 Å². The number of aryl methyl sites for hydroxylation is 1. The summed E-state index contributed by atoms with van der Waals surface area (Å²) in [5.74, 6) is 0. The molecule has 0 aliphatic carbocycles. The van der Waals surface area contributed by atoms with Crippen molar-refractivity contribution in [2.45, 2.75) is 20.4 Å². The van der Waals surface area contributed by atoms with Gasteiger partial charge in [0.05, 0.1) is 29.9 Å². The number of nitriles is 2. The molecule has 0 unspecified atom stereocenters. The quantitative estimate of drug-likeness (QED) is 0.744. The highest BCUT2D eigenvalue weighted by molar-refractivity contribution is 5.75. The highest BCUT2D eigenvalue weighted by Crippen LogP contribution is 2.32. The van der Waals surface area contributed by atoms with Crippen molar-refractivity contribution in [2.75, 3.05) is 0 Å². The van der Waals surface area contributed by atoms with Crippen LogP contribution in [0, 0.1) is 36.5 Å². The maximum absolute atomic E-state index is 9.64. The van der Waals surface area contributed by atoms with Gasteiger partial charge < -0.3 is 4.57 Å². The fourth-order valence-corrected chi connectivity index (χ4v) is 3.06. The summed E-state index contributed by atoms with van der Waals surface area (Å²) in [5, 5.41) is 22.8. The smallest absolute Gasteiger partial charge is 0.102 e. The van der Waals surface area contributed by atoms with E-state index in [-0.39, 0.29) is 0 Å². The van der Waals surface area contributed by atoms with Gasteiger partial charge in [-0.1, -0.05) is 12.1 Å². The van der Waals surface area contributed by atoms with Crippen molar-refractivity contribution in [3.8, 4) is 23.3 Å². The maximum atomic E-state index is 9.64. The third-order valence-electron chi connectivity index (χ3n) is 4.30. The molecule has 0 spiro atoms. The van der Waals surface area contributed by atoms with Crippen molar-refractivity contribution in [2.24, 2.45) is 7.05 Å². The third kappa shape index (κ3) is 2.57. The van der Waals surface area contributed by atoms with E-state index in [1.807, 2.05) is 45.4 Å². The van der Waals surface area contributed by atoms with Gasteiger partial charge in [-0.25, -0.2) is 0 Å². The Labute approximate surface area is 141 Å². The van der Waals surface area contributed by atoms with Crippen molar-refractivity contribution in [1.29, 1.82) is 10.5 Å². The average molecular weight is 315 g/mol. The van der Waals surface area contributed by atoms with Crippen LogP contribution >= 0.6 is 0 Å². The van der Waals surface area contributed by atoms with E-state index in [4.69, 9.17) is 5.26 Å². The van der Waals surface area contributed by atoms with Crippen LogP contribution in [0.4, 0.5) is 0 Å². The van der Waals surface area contributed by atoms with E-state index in [9.17, 15) is 5.26 Å². The van der Waals surface area contributed by atoms with E-state index in [2.05, 4.69) is 21.8 Å². The Hall–Kier alpha value is -3.31. The minimum Gasteiger partial charge on any atom is -0.343 e. The van der Waals surface area contributed by atoms with Crippen LogP contribution in [0.3, 0.4) is 0 Å². The first kappa shape index (κ1) is 15.6. The second-order valence-corrected chi connectivity index (χ2v) is 5.83. The van der Waals surface area contributed by atoms with E-state index >= 15 is 0 Å². The summed E-state index contributed by atoms with van der Waals surface area (Å²) in [7, 11) is 1.89. The molecule has 0 aliphatic rings. The Morgan fingerprint density at radius 2 is 1.75 bits per heavy atom. The van der Waals surface area contributed by atoms with Gasteiger partial charge in [0, 0.05) is 35.8 Å². The molecule has 3 rings (SSSR count). The van der Waals surface area contributed by atoms with Gasteiger partial charge >= 0.3 is 0 Å². The molecule has 0 aliphatic heterocycles. The molecule has 0 saturated heterocycles. The Balaban J connectivity index is 2.11. The highest BCUT2D eigenvalue weighted by atomic mass is 15.2. The predicted octanol–water partition coefficient (Wildman–Crippen LogP) is 3.30. The maximum Gasteiger partial charge on any atom is 0.102 e. The molecular formula is C19H17N5. The molecule has 5 nitrogen and oxygen atoms in total. The minimum atomic E-state index is 0.612. The highest BCUT2D eigenvalue weighted by Gasteiger charge is 2.19. The molecule has 1 aromatic carbocycles. The van der Waals surface area contributed by atoms with E-state index in [0.29, 0.717) is 17.7 Å². The largest absolute Gasteiger partial charge is 0.343 e. The van der Waals surface area contributed by atoms with Gasteiger partial charge in [-0.2, -0.15) is 15.6 Å². The third-order valence-corrected chi connectivity index (χ3v) is 4.30. The Kier molecular flexibility index (Phi) is 3.93. The van der Waals surface area contributed by atoms with Gasteiger partial charge in [0.2, 0.25) is 0 Å². The molecular weight excluding hydrogens is 298 g/mol. The number of nitrogens with zero attached hydrogens (tertiary/aromatic N) is 5. The van der Waals surface area contributed by atoms with Crippen LogP contribution in [0.25, 0.3) is 11.1 Å². The van der Waals surface area contributed by atoms with E-state index in [1.54, 1.807) is 16.8 Å². The van der Waals surface area contributed by atoms with Crippen LogP contribution in [-0.2, 0) is 13.6 Å². The molecule has 3 aromatic rings. The van der Waals surface area contributed by atoms with Gasteiger partial charge in [-0.3, -0.25) is 4.68 Å². The van der Waals surface area contributed by atoms with Gasteiger partial charge in [0.25, 0.3) is 0 Å². The molecule has 0 amide bonds. The monoisotopic (exact) mass is 315 g/mol. The molecule has 0 radical (unpaired) electrons. The normalized spacial score (nSPS) is 10.4. The summed E-state index contributed by atoms with van der Waals surface area (Å²) < 4.78 is 3.92. The van der Waals surface area contributed by atoms with Crippen LogP contribution < -0.4 is 0 Å². The molecule has 118 valence electrons. The fraction of sp³-hybridized carbons (Fsp3) is 0.211. The minimum absolute atomic E-state index is 0.612. The average Bonchev–Trinajstić information content (AvgIpc) is 3.10. The van der Waals surface area contributed by atoms with E-state index in [0.717, 1.165) is 28.1 Å². The lowest BCUT2D eigenvalue weighted by atomic mass is 10.0. The number of rotatable bonds is 3. The lowest BCUT2D eigenvalue weighted by Crippen LogP contribution is -2.03. The fourth-order valence-electron chi connectivity index (χ4n) is 3.06. The first-order valence-electron chi connectivity index (χ1n) is 7.63. The zero-order valence-corrected chi connectivity index (χ0v) is 13.9. The summed E-state index contributed by atoms with van der Waals surface area (Å²) in [4.78, 5) is 0. The Bertz CT molecular complexity index is 975. The number of aromatic nitrogens is 3. The van der Waals surface area contributed by atoms with Gasteiger partial charge in [0.15, 0.2) is 0 Å². The number of hydrogen-bond acceptors (Lipinski definition) is 3. The van der Waals surface area contributed by atoms with Gasteiger partial charge in [-0.05, 0) is 31.5 Å². The van der Waals surface area contributed by atoms with Crippen molar-refractivity contribution >= 4 is 0 Å². The van der Waals surface area contributed by atoms with Crippen LogP contribution in [0.15, 0.2) is 36.7 Å². The molecule has 0 bridgehead atoms. The number of benzene rings is 1. The molecule has 5 heteroatoms. The Morgan fingerprint density at radius 3 is 2.29 bits per heavy atom. The predicted molar refractivity (Wildman–Crippen MR) is 91.1 cm³/mol. The topological polar surface area (TPSA) is 70.3 Å². The summed E-state index contributed by atoms with van der Waals surface area (Å²) in [6, 6.07) is 11.8. The van der Waals surface area contributed by atoms with Crippen LogP contribution in [0.2, 0.25) is 0 Å². The molecule has 24 heavy (non-hydrogen) atoms. The standard InChI is InChI=1S/C19H17N5/c1-13-18(9-21)19(17-6-4-15(8-20)5-7-17)14(2)24(13)12-16-10-22-23(3)11-16/h4-7,10-11H,12H2,1-3H3. The lowest BCUT2D eigenvalue weighted by Gasteiger charge is -2.08. The van der Waals surface area contributed by atoms with Crippen LogP contribution in [0.1, 0.15) is 28.1 Å². The summed E-state index contributed by atoms with van der Waals surface area (Å²) in [5.41, 5.74) is 6.26. The molecule has 0 atom stereocenters. The van der Waals surface area contributed by atoms with E-state index in [1.165, 1.54) is 0 Å². The van der Waals surface area contributed by atoms with Crippen LogP contribution in [0.5, 0.6) is 0 Å². The Morgan fingerprint density at radius 1 is 1.04 bits per heavy atom. The summed E-state index contributed by atoms with van der Waals surface area (Å²) in [6.07, 6.45) is 3.82. The van der Waals surface area contributed by atoms with Crippen molar-refractivity contribution in [3.63, 3.8) is 0 Å². The zero-order chi connectivity index (χ0) is 17.3. The molecule has 2 aromatic heterocycles.